The molecule has 17 heavy (non-hydrogen) atoms. The van der Waals surface area contributed by atoms with Gasteiger partial charge in [-0.2, -0.15) is 0 Å². The lowest BCUT2D eigenvalue weighted by molar-refractivity contribution is -0.135. The molecule has 98 valence electrons. The van der Waals surface area contributed by atoms with Gasteiger partial charge >= 0.3 is 0 Å². The van der Waals surface area contributed by atoms with E-state index in [-0.39, 0.29) is 17.7 Å². The van der Waals surface area contributed by atoms with Gasteiger partial charge in [0.1, 0.15) is 0 Å². The number of nitrogens with two attached hydrogens (primary N) is 1. The minimum Gasteiger partial charge on any atom is -0.393 e. The van der Waals surface area contributed by atoms with Crippen molar-refractivity contribution in [1.29, 1.82) is 0 Å². The Morgan fingerprint density at radius 1 is 1.29 bits per heavy atom. The highest BCUT2D eigenvalue weighted by Crippen LogP contribution is 2.24. The van der Waals surface area contributed by atoms with E-state index in [2.05, 4.69) is 0 Å². The first-order valence-electron chi connectivity index (χ1n) is 6.51. The van der Waals surface area contributed by atoms with Crippen LogP contribution in [-0.2, 0) is 4.79 Å². The lowest BCUT2D eigenvalue weighted by Crippen LogP contribution is -2.46. The predicted octanol–water partition coefficient (Wildman–Crippen LogP) is 2.34. The number of thiocarbonyl (C=S) groups is 1. The van der Waals surface area contributed by atoms with Crippen molar-refractivity contribution in [2.24, 2.45) is 17.6 Å². The second kappa shape index (κ2) is 6.34. The van der Waals surface area contributed by atoms with E-state index in [1.54, 1.807) is 0 Å². The van der Waals surface area contributed by atoms with Crippen LogP contribution < -0.4 is 5.73 Å². The van der Waals surface area contributed by atoms with Crippen LogP contribution in [0.1, 0.15) is 46.0 Å². The Morgan fingerprint density at radius 2 is 1.82 bits per heavy atom. The van der Waals surface area contributed by atoms with Gasteiger partial charge in [-0.15, -0.1) is 0 Å². The first kappa shape index (κ1) is 14.4. The van der Waals surface area contributed by atoms with Crippen LogP contribution >= 0.6 is 12.2 Å². The Balaban J connectivity index is 2.69. The third-order valence-corrected chi connectivity index (χ3v) is 3.96. The highest BCUT2D eigenvalue weighted by atomic mass is 32.1. The molecule has 1 unspecified atom stereocenters. The molecule has 0 aromatic carbocycles. The maximum Gasteiger partial charge on any atom is 0.232 e. The third kappa shape index (κ3) is 3.66. The third-order valence-electron chi connectivity index (χ3n) is 3.71. The van der Waals surface area contributed by atoms with Crippen molar-refractivity contribution in [3.05, 3.63) is 0 Å². The summed E-state index contributed by atoms with van der Waals surface area (Å²) in [5.41, 5.74) is 5.69. The molecule has 1 aliphatic carbocycles. The molecule has 1 atom stereocenters. The Bertz CT molecular complexity index is 285. The molecule has 0 bridgehead atoms. The molecule has 0 aliphatic heterocycles. The first-order chi connectivity index (χ1) is 7.95. The lowest BCUT2D eigenvalue weighted by Gasteiger charge is -2.34. The van der Waals surface area contributed by atoms with Gasteiger partial charge in [0.2, 0.25) is 5.91 Å². The number of amides is 1. The van der Waals surface area contributed by atoms with Crippen molar-refractivity contribution in [2.75, 3.05) is 7.05 Å². The summed E-state index contributed by atoms with van der Waals surface area (Å²) in [6, 6.07) is 0.381. The van der Waals surface area contributed by atoms with E-state index >= 15 is 0 Å². The van der Waals surface area contributed by atoms with Gasteiger partial charge in [-0.1, -0.05) is 45.3 Å². The molecule has 4 heteroatoms. The van der Waals surface area contributed by atoms with E-state index in [9.17, 15) is 4.79 Å². The normalized spacial score (nSPS) is 19.1. The lowest BCUT2D eigenvalue weighted by atomic mass is 9.90. The van der Waals surface area contributed by atoms with Crippen molar-refractivity contribution in [2.45, 2.75) is 52.0 Å². The van der Waals surface area contributed by atoms with Crippen LogP contribution in [0.15, 0.2) is 0 Å². The number of hydrogen-bond donors (Lipinski definition) is 1. The zero-order valence-corrected chi connectivity index (χ0v) is 11.9. The van der Waals surface area contributed by atoms with Crippen LogP contribution in [0.4, 0.5) is 0 Å². The van der Waals surface area contributed by atoms with Gasteiger partial charge in [0.05, 0.1) is 10.9 Å². The molecule has 0 spiro atoms. The van der Waals surface area contributed by atoms with Gasteiger partial charge in [-0.25, -0.2) is 0 Å². The van der Waals surface area contributed by atoms with Crippen LogP contribution in [-0.4, -0.2) is 28.9 Å². The fourth-order valence-electron chi connectivity index (χ4n) is 2.60. The van der Waals surface area contributed by atoms with Gasteiger partial charge in [0, 0.05) is 13.1 Å². The minimum atomic E-state index is -0.308. The average molecular weight is 256 g/mol. The second-order valence-corrected chi connectivity index (χ2v) is 5.84. The molecule has 1 saturated carbocycles. The zero-order valence-electron chi connectivity index (χ0n) is 11.1. The van der Waals surface area contributed by atoms with Crippen LogP contribution in [0.25, 0.3) is 0 Å². The quantitative estimate of drug-likeness (QED) is 0.785. The zero-order chi connectivity index (χ0) is 13.0. The summed E-state index contributed by atoms with van der Waals surface area (Å²) in [6.07, 6.45) is 5.97. The van der Waals surface area contributed by atoms with E-state index < -0.39 is 0 Å². The van der Waals surface area contributed by atoms with Crippen molar-refractivity contribution < 1.29 is 4.79 Å². The summed E-state index contributed by atoms with van der Waals surface area (Å²) in [5, 5.41) is 0. The minimum absolute atomic E-state index is 0.0967. The van der Waals surface area contributed by atoms with Gasteiger partial charge in [-0.3, -0.25) is 4.79 Å². The highest BCUT2D eigenvalue weighted by Gasteiger charge is 2.31. The van der Waals surface area contributed by atoms with E-state index in [4.69, 9.17) is 18.0 Å². The van der Waals surface area contributed by atoms with Crippen molar-refractivity contribution >= 4 is 23.1 Å². The fourth-order valence-corrected chi connectivity index (χ4v) is 2.98. The second-order valence-electron chi connectivity index (χ2n) is 5.37. The number of nitrogens with zero attached hydrogens (tertiary/aromatic N) is 1. The van der Waals surface area contributed by atoms with Gasteiger partial charge < -0.3 is 10.6 Å². The van der Waals surface area contributed by atoms with Crippen molar-refractivity contribution in [3.63, 3.8) is 0 Å². The van der Waals surface area contributed by atoms with Crippen LogP contribution in [0.3, 0.4) is 0 Å². The Kier molecular flexibility index (Phi) is 5.37. The predicted molar refractivity (Wildman–Crippen MR) is 74.8 cm³/mol. The van der Waals surface area contributed by atoms with Gasteiger partial charge in [-0.05, 0) is 18.8 Å². The number of rotatable bonds is 4. The van der Waals surface area contributed by atoms with Gasteiger partial charge in [0.15, 0.2) is 0 Å². The maximum atomic E-state index is 12.4. The molecule has 0 aromatic heterocycles. The summed E-state index contributed by atoms with van der Waals surface area (Å²) >= 11 is 5.02. The van der Waals surface area contributed by atoms with Crippen LogP contribution in [0.5, 0.6) is 0 Å². The molecule has 1 aliphatic rings. The smallest absolute Gasteiger partial charge is 0.232 e. The average Bonchev–Trinajstić information content (AvgIpc) is 2.28. The molecular formula is C13H24N2OS. The molecule has 0 aromatic rings. The molecule has 1 fully saturated rings. The van der Waals surface area contributed by atoms with E-state index in [1.807, 2.05) is 25.8 Å². The SMILES string of the molecule is CC(C)C(C(=O)N(C)C1CCCCC1)C(N)=S. The van der Waals surface area contributed by atoms with E-state index in [1.165, 1.54) is 19.3 Å². The summed E-state index contributed by atoms with van der Waals surface area (Å²) < 4.78 is 0. The van der Waals surface area contributed by atoms with E-state index in [0.29, 0.717) is 11.0 Å². The Morgan fingerprint density at radius 3 is 2.24 bits per heavy atom. The maximum absolute atomic E-state index is 12.4. The molecular weight excluding hydrogens is 232 g/mol. The fraction of sp³-hybridized carbons (Fsp3) is 0.846. The summed E-state index contributed by atoms with van der Waals surface area (Å²) in [4.78, 5) is 14.6. The van der Waals surface area contributed by atoms with Gasteiger partial charge in [0.25, 0.3) is 0 Å². The van der Waals surface area contributed by atoms with Crippen molar-refractivity contribution in [3.8, 4) is 0 Å². The molecule has 3 nitrogen and oxygen atoms in total. The number of carbonyl (C=O) groups is 1. The number of carbonyl (C=O) groups excluding carboxylic acids is 1. The van der Waals surface area contributed by atoms with Crippen LogP contribution in [0, 0.1) is 11.8 Å². The molecule has 0 heterocycles. The monoisotopic (exact) mass is 256 g/mol. The standard InChI is InChI=1S/C13H24N2OS/c1-9(2)11(12(14)17)13(16)15(3)10-7-5-4-6-8-10/h9-11H,4-8H2,1-3H3,(H2,14,17). The number of hydrogen-bond acceptors (Lipinski definition) is 2. The molecule has 0 saturated heterocycles. The topological polar surface area (TPSA) is 46.3 Å². The molecule has 0 radical (unpaired) electrons. The summed E-state index contributed by atoms with van der Waals surface area (Å²) in [6.45, 7) is 3.99. The van der Waals surface area contributed by atoms with E-state index in [0.717, 1.165) is 12.8 Å². The highest BCUT2D eigenvalue weighted by molar-refractivity contribution is 7.80. The van der Waals surface area contributed by atoms with Crippen LogP contribution in [0.2, 0.25) is 0 Å². The molecule has 2 N–H and O–H groups in total. The first-order valence-corrected chi connectivity index (χ1v) is 6.92. The largest absolute Gasteiger partial charge is 0.393 e. The Labute approximate surface area is 110 Å². The van der Waals surface area contributed by atoms with Crippen molar-refractivity contribution in [1.82, 2.24) is 4.90 Å². The Hall–Kier alpha value is -0.640. The summed E-state index contributed by atoms with van der Waals surface area (Å²) in [5.74, 6) is -0.0395. The molecule has 1 rings (SSSR count). The molecule has 1 amide bonds. The summed E-state index contributed by atoms with van der Waals surface area (Å²) in [7, 11) is 1.89.